The van der Waals surface area contributed by atoms with Crippen molar-refractivity contribution in [2.45, 2.75) is 64.5 Å². The summed E-state index contributed by atoms with van der Waals surface area (Å²) in [7, 11) is -10.5. The third-order valence-corrected chi connectivity index (χ3v) is 26.0. The van der Waals surface area contributed by atoms with Crippen LogP contribution >= 0.6 is 0 Å². The van der Waals surface area contributed by atoms with Crippen LogP contribution in [-0.2, 0) is 24.7 Å². The Morgan fingerprint density at radius 3 is 1.83 bits per heavy atom. The molecule has 2 unspecified atom stereocenters. The first kappa shape index (κ1) is 22.3. The van der Waals surface area contributed by atoms with Crippen LogP contribution < -0.4 is 0 Å². The highest BCUT2D eigenvalue weighted by Gasteiger charge is 2.36. The van der Waals surface area contributed by atoms with E-state index in [-0.39, 0.29) is 0 Å². The second kappa shape index (κ2) is 9.83. The monoisotopic (exact) mass is 446 g/mol. The van der Waals surface area contributed by atoms with Gasteiger partial charge in [0, 0.05) is 0 Å². The number of hydrogen-bond acceptors (Lipinski definition) is 6. The van der Waals surface area contributed by atoms with E-state index in [1.165, 1.54) is 0 Å². The molecule has 1 fully saturated rings. The molecule has 23 heavy (non-hydrogen) atoms. The van der Waals surface area contributed by atoms with E-state index < -0.39 is 63.8 Å². The Morgan fingerprint density at radius 1 is 0.870 bits per heavy atom. The Bertz CT molecular complexity index is 347. The Labute approximate surface area is 152 Å². The molecule has 138 valence electrons. The minimum absolute atomic E-state index is 0.420. The minimum Gasteiger partial charge on any atom is -0.442 e. The minimum atomic E-state index is -1.95. The van der Waals surface area contributed by atoms with Gasteiger partial charge in [-0.15, -0.1) is 0 Å². The van der Waals surface area contributed by atoms with Crippen LogP contribution in [-0.4, -0.2) is 63.8 Å². The average Bonchev–Trinajstić information content (AvgIpc) is 2.32. The van der Waals surface area contributed by atoms with E-state index in [9.17, 15) is 0 Å². The van der Waals surface area contributed by atoms with E-state index >= 15 is 0 Å². The molecule has 1 heterocycles. The molecular formula is C10H34O6Si7. The fourth-order valence-electron chi connectivity index (χ4n) is 2.79. The first-order chi connectivity index (χ1) is 10.5. The molecule has 0 aromatic heterocycles. The average molecular weight is 447 g/mol. The fourth-order valence-corrected chi connectivity index (χ4v) is 28.0. The Balaban J connectivity index is 2.53. The Morgan fingerprint density at radius 2 is 1.35 bits per heavy atom. The zero-order valence-corrected chi connectivity index (χ0v) is 23.9. The number of rotatable bonds is 7. The van der Waals surface area contributed by atoms with Gasteiger partial charge >= 0.3 is 17.8 Å². The van der Waals surface area contributed by atoms with Gasteiger partial charge in [0.2, 0.25) is 0 Å². The molecule has 0 aromatic carbocycles. The summed E-state index contributed by atoms with van der Waals surface area (Å²) in [6, 6.07) is 2.05. The largest absolute Gasteiger partial charge is 0.442 e. The molecule has 6 nitrogen and oxygen atoms in total. The van der Waals surface area contributed by atoms with E-state index in [1.54, 1.807) is 0 Å². The zero-order chi connectivity index (χ0) is 17.7. The van der Waals surface area contributed by atoms with Gasteiger partial charge in [-0.25, -0.2) is 0 Å². The molecule has 0 saturated carbocycles. The normalized spacial score (nSPS) is 31.3. The lowest BCUT2D eigenvalue weighted by molar-refractivity contribution is 0.291. The van der Waals surface area contributed by atoms with Crippen LogP contribution in [0.3, 0.4) is 0 Å². The van der Waals surface area contributed by atoms with Crippen molar-refractivity contribution >= 4 is 63.8 Å². The molecule has 0 radical (unpaired) electrons. The van der Waals surface area contributed by atoms with E-state index in [4.69, 9.17) is 24.7 Å². The summed E-state index contributed by atoms with van der Waals surface area (Å²) in [6.45, 7) is 17.3. The molecule has 0 bridgehead atoms. The maximum Gasteiger partial charge on any atom is 0.310 e. The van der Waals surface area contributed by atoms with Gasteiger partial charge in [0.05, 0.1) is 0 Å². The maximum absolute atomic E-state index is 6.45. The van der Waals surface area contributed by atoms with Crippen molar-refractivity contribution in [2.24, 2.45) is 0 Å². The van der Waals surface area contributed by atoms with Gasteiger partial charge in [0.1, 0.15) is 9.76 Å². The van der Waals surface area contributed by atoms with E-state index in [0.29, 0.717) is 0 Å². The van der Waals surface area contributed by atoms with Crippen molar-refractivity contribution in [2.75, 3.05) is 0 Å². The van der Waals surface area contributed by atoms with Crippen LogP contribution in [0, 0.1) is 0 Å². The van der Waals surface area contributed by atoms with Gasteiger partial charge in [-0.05, 0) is 57.9 Å². The van der Waals surface area contributed by atoms with Crippen LogP contribution in [0.25, 0.3) is 0 Å². The molecular weight excluding hydrogens is 413 g/mol. The highest BCUT2D eigenvalue weighted by molar-refractivity contribution is 6.84. The summed E-state index contributed by atoms with van der Waals surface area (Å²) < 4.78 is 36.6. The van der Waals surface area contributed by atoms with Crippen LogP contribution in [0.2, 0.25) is 64.5 Å². The Hall–Kier alpha value is 1.28. The van der Waals surface area contributed by atoms with Crippen molar-refractivity contribution in [3.05, 3.63) is 0 Å². The van der Waals surface area contributed by atoms with Crippen LogP contribution in [0.15, 0.2) is 0 Å². The second-order valence-electron chi connectivity index (χ2n) is 6.91. The van der Waals surface area contributed by atoms with Gasteiger partial charge in [-0.3, -0.25) is 0 Å². The summed E-state index contributed by atoms with van der Waals surface area (Å²) in [5, 5.41) is 0. The van der Waals surface area contributed by atoms with Crippen molar-refractivity contribution in [1.82, 2.24) is 0 Å². The van der Waals surface area contributed by atoms with Crippen LogP contribution in [0.1, 0.15) is 0 Å². The molecule has 2 atom stereocenters. The highest BCUT2D eigenvalue weighted by atomic mass is 28.5. The second-order valence-corrected chi connectivity index (χ2v) is 25.5. The quantitative estimate of drug-likeness (QED) is 0.542. The van der Waals surface area contributed by atoms with Crippen LogP contribution in [0.4, 0.5) is 0 Å². The summed E-state index contributed by atoms with van der Waals surface area (Å²) in [6.07, 6.45) is 0. The first-order valence-electron chi connectivity index (χ1n) is 8.49. The standard InChI is InChI=1S/C10H34O6Si7/c1-17-11-23(7,8)16-22(5,6)10-9-21-14-19(3)12-18(2)13-20(4)15-21/h18-21H,9-10,17H2,1-8H3. The van der Waals surface area contributed by atoms with Crippen molar-refractivity contribution in [3.63, 3.8) is 0 Å². The zero-order valence-electron chi connectivity index (χ0n) is 15.9. The molecule has 1 aliphatic heterocycles. The molecule has 0 spiro atoms. The SMILES string of the molecule is C[SiH2]O[Si](C)(C)O[Si](C)(C)CC[SiH]1O[SiH](C)O[SiH](C)O[SiH](C)O1. The van der Waals surface area contributed by atoms with Gasteiger partial charge in [0.15, 0.2) is 8.32 Å². The smallest absolute Gasteiger partial charge is 0.310 e. The maximum atomic E-state index is 6.45. The van der Waals surface area contributed by atoms with E-state index in [2.05, 4.69) is 52.4 Å². The topological polar surface area (TPSA) is 55.4 Å². The lowest BCUT2D eigenvalue weighted by Crippen LogP contribution is -2.49. The number of hydrogen-bond donors (Lipinski definition) is 0. The fraction of sp³-hybridized carbons (Fsp3) is 1.00. The predicted molar refractivity (Wildman–Crippen MR) is 112 cm³/mol. The Kier molecular flexibility index (Phi) is 9.54. The first-order valence-corrected chi connectivity index (χ1v) is 24.5. The molecule has 0 aliphatic carbocycles. The van der Waals surface area contributed by atoms with E-state index in [0.717, 1.165) is 12.1 Å². The lowest BCUT2D eigenvalue weighted by Gasteiger charge is -2.35. The predicted octanol–water partition coefficient (Wildman–Crippen LogP) is 0.910. The summed E-state index contributed by atoms with van der Waals surface area (Å²) in [4.78, 5) is 0. The van der Waals surface area contributed by atoms with Crippen LogP contribution in [0.5, 0.6) is 0 Å². The highest BCUT2D eigenvalue weighted by Crippen LogP contribution is 2.23. The van der Waals surface area contributed by atoms with Crippen molar-refractivity contribution in [1.29, 1.82) is 0 Å². The molecule has 0 N–H and O–H groups in total. The molecule has 0 aromatic rings. The summed E-state index contributed by atoms with van der Waals surface area (Å²) in [5.41, 5.74) is 0. The van der Waals surface area contributed by atoms with Gasteiger partial charge in [-0.2, -0.15) is 0 Å². The third-order valence-electron chi connectivity index (χ3n) is 3.45. The van der Waals surface area contributed by atoms with Crippen molar-refractivity contribution in [3.8, 4) is 0 Å². The molecule has 1 aliphatic rings. The van der Waals surface area contributed by atoms with Crippen molar-refractivity contribution < 1.29 is 24.7 Å². The van der Waals surface area contributed by atoms with Gasteiger partial charge in [0.25, 0.3) is 27.9 Å². The summed E-state index contributed by atoms with van der Waals surface area (Å²) >= 11 is 0. The van der Waals surface area contributed by atoms with Gasteiger partial charge < -0.3 is 24.7 Å². The van der Waals surface area contributed by atoms with E-state index in [1.807, 2.05) is 0 Å². The lowest BCUT2D eigenvalue weighted by atomic mass is 10.9. The molecule has 1 rings (SSSR count). The summed E-state index contributed by atoms with van der Waals surface area (Å²) in [5.74, 6) is 0. The van der Waals surface area contributed by atoms with Gasteiger partial charge in [-0.1, -0.05) is 6.55 Å². The molecule has 1 saturated heterocycles. The third kappa shape index (κ3) is 9.52. The molecule has 13 heteroatoms. The molecule has 0 amide bonds.